The van der Waals surface area contributed by atoms with Crippen molar-refractivity contribution in [2.45, 2.75) is 49.4 Å². The Labute approximate surface area is 98.0 Å². The lowest BCUT2D eigenvalue weighted by molar-refractivity contribution is -0.394. The van der Waals surface area contributed by atoms with Crippen LogP contribution in [-0.4, -0.2) is 45.5 Å². The van der Waals surface area contributed by atoms with Gasteiger partial charge in [-0.1, -0.05) is 0 Å². The normalized spacial score (nSPS) is 31.5. The number of hydrogen-bond donors (Lipinski definition) is 3. The molecule has 0 spiro atoms. The number of hydrogen-bond acceptors (Lipinski definition) is 3. The van der Waals surface area contributed by atoms with Crippen molar-refractivity contribution < 1.29 is 41.7 Å². The largest absolute Gasteiger partial charge is 0.426 e. The van der Waals surface area contributed by atoms with Crippen LogP contribution in [0.15, 0.2) is 0 Å². The Hall–Kier alpha value is -0.540. The van der Waals surface area contributed by atoms with E-state index in [-0.39, 0.29) is 6.42 Å². The van der Waals surface area contributed by atoms with Crippen LogP contribution in [0.1, 0.15) is 19.3 Å². The van der Waals surface area contributed by atoms with Crippen molar-refractivity contribution in [3.8, 4) is 0 Å². The summed E-state index contributed by atoms with van der Waals surface area (Å²) >= 11 is 0. The molecular weight excluding hydrogens is 270 g/mol. The van der Waals surface area contributed by atoms with Gasteiger partial charge in [-0.3, -0.25) is 0 Å². The quantitative estimate of drug-likeness (QED) is 0.636. The van der Waals surface area contributed by atoms with Crippen LogP contribution in [0.25, 0.3) is 0 Å². The first kappa shape index (κ1) is 15.5. The molecule has 0 bridgehead atoms. The van der Waals surface area contributed by atoms with Crippen molar-refractivity contribution in [2.24, 2.45) is 5.92 Å². The van der Waals surface area contributed by atoms with Gasteiger partial charge in [-0.05, 0) is 19.3 Å². The van der Waals surface area contributed by atoms with E-state index < -0.39 is 48.9 Å². The van der Waals surface area contributed by atoms with Gasteiger partial charge in [0.15, 0.2) is 0 Å². The molecule has 1 aliphatic rings. The van der Waals surface area contributed by atoms with Crippen molar-refractivity contribution in [1.29, 1.82) is 0 Å². The van der Waals surface area contributed by atoms with Crippen LogP contribution in [0.4, 0.5) is 26.3 Å². The van der Waals surface area contributed by atoms with Gasteiger partial charge in [0.25, 0.3) is 5.60 Å². The molecule has 0 aromatic carbocycles. The fourth-order valence-corrected chi connectivity index (χ4v) is 2.19. The summed E-state index contributed by atoms with van der Waals surface area (Å²) in [6.45, 7) is 0. The molecule has 0 heterocycles. The summed E-state index contributed by atoms with van der Waals surface area (Å²) in [6, 6.07) is 0. The van der Waals surface area contributed by atoms with Gasteiger partial charge < -0.3 is 15.3 Å². The highest BCUT2D eigenvalue weighted by molar-refractivity contribution is 5.03. The third kappa shape index (κ3) is 2.43. The summed E-state index contributed by atoms with van der Waals surface area (Å²) in [6.07, 6.45) is -16.9. The third-order valence-electron chi connectivity index (χ3n) is 3.19. The second-order valence-electron chi connectivity index (χ2n) is 4.40. The van der Waals surface area contributed by atoms with E-state index in [2.05, 4.69) is 0 Å². The molecule has 0 radical (unpaired) electrons. The van der Waals surface area contributed by atoms with Gasteiger partial charge in [-0.2, -0.15) is 26.3 Å². The first-order chi connectivity index (χ1) is 7.91. The van der Waals surface area contributed by atoms with Gasteiger partial charge in [0.1, 0.15) is 0 Å². The minimum atomic E-state index is -5.95. The zero-order chi connectivity index (χ0) is 14.4. The Kier molecular flexibility index (Phi) is 3.91. The van der Waals surface area contributed by atoms with Crippen LogP contribution < -0.4 is 0 Å². The second kappa shape index (κ2) is 4.53. The van der Waals surface area contributed by atoms with Gasteiger partial charge in [0, 0.05) is 5.92 Å². The minimum Gasteiger partial charge on any atom is -0.393 e. The van der Waals surface area contributed by atoms with Crippen LogP contribution >= 0.6 is 0 Å². The SMILES string of the molecule is OC1CCC(C(O)(C(F)(F)F)C(F)(F)F)C(O)C1. The first-order valence-electron chi connectivity index (χ1n) is 5.13. The van der Waals surface area contributed by atoms with E-state index in [9.17, 15) is 31.4 Å². The highest BCUT2D eigenvalue weighted by atomic mass is 19.4. The standard InChI is InChI=1S/C9H12F6O3/c10-8(11,12)7(18,9(13,14)15)5-2-1-4(16)3-6(5)17/h4-6,16-18H,1-3H2. The van der Waals surface area contributed by atoms with E-state index >= 15 is 0 Å². The maximum atomic E-state index is 12.5. The summed E-state index contributed by atoms with van der Waals surface area (Å²) in [5, 5.41) is 27.4. The van der Waals surface area contributed by atoms with Gasteiger partial charge in [0.2, 0.25) is 0 Å². The van der Waals surface area contributed by atoms with Crippen LogP contribution in [0.3, 0.4) is 0 Å². The lowest BCUT2D eigenvalue weighted by atomic mass is 9.73. The number of rotatable bonds is 1. The Balaban J connectivity index is 3.13. The van der Waals surface area contributed by atoms with Crippen LogP contribution in [-0.2, 0) is 0 Å². The summed E-state index contributed by atoms with van der Waals surface area (Å²) in [4.78, 5) is 0. The summed E-state index contributed by atoms with van der Waals surface area (Å²) < 4.78 is 75.1. The Morgan fingerprint density at radius 2 is 1.28 bits per heavy atom. The molecule has 1 aliphatic carbocycles. The molecule has 3 atom stereocenters. The van der Waals surface area contributed by atoms with Gasteiger partial charge >= 0.3 is 12.4 Å². The van der Waals surface area contributed by atoms with Crippen LogP contribution in [0.5, 0.6) is 0 Å². The van der Waals surface area contributed by atoms with Gasteiger partial charge in [-0.25, -0.2) is 0 Å². The number of aliphatic hydroxyl groups excluding tert-OH is 2. The maximum Gasteiger partial charge on any atom is 0.426 e. The lowest BCUT2D eigenvalue weighted by Crippen LogP contribution is -2.65. The second-order valence-corrected chi connectivity index (χ2v) is 4.40. The molecular formula is C9H12F6O3. The van der Waals surface area contributed by atoms with Gasteiger partial charge in [0.05, 0.1) is 12.2 Å². The molecule has 3 nitrogen and oxygen atoms in total. The summed E-state index contributed by atoms with van der Waals surface area (Å²) in [7, 11) is 0. The molecule has 18 heavy (non-hydrogen) atoms. The molecule has 9 heteroatoms. The Morgan fingerprint density at radius 1 is 0.833 bits per heavy atom. The smallest absolute Gasteiger partial charge is 0.393 e. The predicted octanol–water partition coefficient (Wildman–Crippen LogP) is 1.36. The average molecular weight is 282 g/mol. The molecule has 3 N–H and O–H groups in total. The third-order valence-corrected chi connectivity index (χ3v) is 3.19. The molecule has 1 fully saturated rings. The number of aliphatic hydroxyl groups is 3. The fourth-order valence-electron chi connectivity index (χ4n) is 2.19. The monoisotopic (exact) mass is 282 g/mol. The van der Waals surface area contributed by atoms with Crippen molar-refractivity contribution >= 4 is 0 Å². The van der Waals surface area contributed by atoms with E-state index in [0.29, 0.717) is 0 Å². The van der Waals surface area contributed by atoms with Crippen molar-refractivity contribution in [1.82, 2.24) is 0 Å². The molecule has 108 valence electrons. The number of halogens is 6. The number of alkyl halides is 6. The molecule has 0 aromatic rings. The lowest BCUT2D eigenvalue weighted by Gasteiger charge is -2.43. The topological polar surface area (TPSA) is 60.7 Å². The minimum absolute atomic E-state index is 0.337. The summed E-state index contributed by atoms with van der Waals surface area (Å²) in [5.41, 5.74) is -4.96. The van der Waals surface area contributed by atoms with Crippen molar-refractivity contribution in [2.75, 3.05) is 0 Å². The zero-order valence-electron chi connectivity index (χ0n) is 8.96. The molecule has 1 saturated carbocycles. The zero-order valence-corrected chi connectivity index (χ0v) is 8.96. The predicted molar refractivity (Wildman–Crippen MR) is 46.4 cm³/mol. The molecule has 3 unspecified atom stereocenters. The van der Waals surface area contributed by atoms with E-state index in [1.165, 1.54) is 0 Å². The average Bonchev–Trinajstić information content (AvgIpc) is 2.12. The maximum absolute atomic E-state index is 12.5. The highest BCUT2D eigenvalue weighted by Crippen LogP contribution is 2.51. The molecule has 0 aliphatic heterocycles. The first-order valence-corrected chi connectivity index (χ1v) is 5.13. The molecule has 0 saturated heterocycles. The molecule has 1 rings (SSSR count). The van der Waals surface area contributed by atoms with Crippen molar-refractivity contribution in [3.63, 3.8) is 0 Å². The van der Waals surface area contributed by atoms with E-state index in [1.807, 2.05) is 0 Å². The Morgan fingerprint density at radius 3 is 1.61 bits per heavy atom. The van der Waals surface area contributed by atoms with Gasteiger partial charge in [-0.15, -0.1) is 0 Å². The molecule has 0 aromatic heterocycles. The Bertz CT molecular complexity index is 286. The summed E-state index contributed by atoms with van der Waals surface area (Å²) in [5.74, 6) is -2.43. The fraction of sp³-hybridized carbons (Fsp3) is 1.00. The van der Waals surface area contributed by atoms with E-state index in [0.717, 1.165) is 0 Å². The van der Waals surface area contributed by atoms with Crippen LogP contribution in [0, 0.1) is 5.92 Å². The van der Waals surface area contributed by atoms with Crippen LogP contribution in [0.2, 0.25) is 0 Å². The van der Waals surface area contributed by atoms with E-state index in [1.54, 1.807) is 0 Å². The molecule has 0 amide bonds. The highest BCUT2D eigenvalue weighted by Gasteiger charge is 2.74. The van der Waals surface area contributed by atoms with Crippen molar-refractivity contribution in [3.05, 3.63) is 0 Å². The van der Waals surface area contributed by atoms with E-state index in [4.69, 9.17) is 10.2 Å².